The third kappa shape index (κ3) is 2.23. The molecule has 2 bridgehead atoms. The average Bonchev–Trinajstić information content (AvgIpc) is 3.13. The minimum Gasteiger partial charge on any atom is -0.349 e. The van der Waals surface area contributed by atoms with Crippen molar-refractivity contribution in [2.24, 2.45) is 23.7 Å². The van der Waals surface area contributed by atoms with E-state index in [1.807, 2.05) is 0 Å². The van der Waals surface area contributed by atoms with Crippen molar-refractivity contribution in [1.82, 2.24) is 5.32 Å². The number of rotatable bonds is 2. The number of hydrogen-bond acceptors (Lipinski definition) is 1. The quantitative estimate of drug-likeness (QED) is 0.852. The number of halogens is 2. The van der Waals surface area contributed by atoms with Gasteiger partial charge in [0.25, 0.3) is 5.91 Å². The topological polar surface area (TPSA) is 29.1 Å². The molecule has 0 spiro atoms. The molecule has 1 aromatic rings. The van der Waals surface area contributed by atoms with Crippen LogP contribution < -0.4 is 5.32 Å². The number of fused-ring (bicyclic) bond motifs is 5. The van der Waals surface area contributed by atoms with Gasteiger partial charge in [-0.1, -0.05) is 6.42 Å². The van der Waals surface area contributed by atoms with Crippen LogP contribution in [0, 0.1) is 29.5 Å². The highest BCUT2D eigenvalue weighted by atomic mass is 79.9. The molecular formula is C17H19BrFNO. The van der Waals surface area contributed by atoms with Crippen LogP contribution >= 0.6 is 15.9 Å². The van der Waals surface area contributed by atoms with Crippen molar-refractivity contribution in [3.63, 3.8) is 0 Å². The molecule has 4 rings (SSSR count). The van der Waals surface area contributed by atoms with Gasteiger partial charge < -0.3 is 5.32 Å². The first kappa shape index (κ1) is 13.7. The second-order valence-corrected chi connectivity index (χ2v) is 7.72. The lowest BCUT2D eigenvalue weighted by molar-refractivity contribution is 0.0901. The van der Waals surface area contributed by atoms with Gasteiger partial charge in [-0.15, -0.1) is 0 Å². The molecular weight excluding hydrogens is 333 g/mol. The van der Waals surface area contributed by atoms with Gasteiger partial charge in [0.15, 0.2) is 0 Å². The second kappa shape index (κ2) is 5.08. The molecule has 3 aliphatic carbocycles. The lowest BCUT2D eigenvalue weighted by Crippen LogP contribution is -2.42. The highest BCUT2D eigenvalue weighted by Gasteiger charge is 2.54. The Balaban J connectivity index is 1.47. The molecule has 5 atom stereocenters. The van der Waals surface area contributed by atoms with E-state index in [0.717, 1.165) is 24.2 Å². The number of carbonyl (C=O) groups excluding carboxylic acids is 1. The zero-order valence-corrected chi connectivity index (χ0v) is 13.4. The van der Waals surface area contributed by atoms with Crippen molar-refractivity contribution in [2.75, 3.05) is 0 Å². The third-order valence-corrected chi connectivity index (χ3v) is 6.53. The molecule has 5 unspecified atom stereocenters. The molecule has 3 saturated carbocycles. The van der Waals surface area contributed by atoms with Gasteiger partial charge in [-0.2, -0.15) is 0 Å². The van der Waals surface area contributed by atoms with Crippen molar-refractivity contribution in [3.05, 3.63) is 34.1 Å². The Labute approximate surface area is 132 Å². The number of carbonyl (C=O) groups is 1. The summed E-state index contributed by atoms with van der Waals surface area (Å²) >= 11 is 3.14. The molecule has 21 heavy (non-hydrogen) atoms. The molecule has 0 heterocycles. The summed E-state index contributed by atoms with van der Waals surface area (Å²) in [6, 6.07) is 4.79. The van der Waals surface area contributed by atoms with Gasteiger partial charge in [-0.3, -0.25) is 4.79 Å². The van der Waals surface area contributed by atoms with Crippen LogP contribution in [0.2, 0.25) is 0 Å². The first-order chi connectivity index (χ1) is 10.1. The summed E-state index contributed by atoms with van der Waals surface area (Å²) in [5, 5.41) is 3.20. The van der Waals surface area contributed by atoms with Gasteiger partial charge in [0.05, 0.1) is 4.47 Å². The largest absolute Gasteiger partial charge is 0.349 e. The minimum absolute atomic E-state index is 0.0669. The highest BCUT2D eigenvalue weighted by Crippen LogP contribution is 2.58. The maximum atomic E-state index is 13.3. The van der Waals surface area contributed by atoms with E-state index in [-0.39, 0.29) is 11.7 Å². The van der Waals surface area contributed by atoms with Crippen LogP contribution in [0.25, 0.3) is 0 Å². The number of benzene rings is 1. The van der Waals surface area contributed by atoms with Gasteiger partial charge in [0.2, 0.25) is 0 Å². The molecule has 1 aromatic carbocycles. The fourth-order valence-corrected chi connectivity index (χ4v) is 5.50. The first-order valence-electron chi connectivity index (χ1n) is 7.89. The zero-order valence-electron chi connectivity index (χ0n) is 11.8. The summed E-state index contributed by atoms with van der Waals surface area (Å²) in [4.78, 5) is 12.4. The molecule has 3 fully saturated rings. The van der Waals surface area contributed by atoms with Crippen LogP contribution in [-0.4, -0.2) is 11.9 Å². The molecule has 0 saturated heterocycles. The standard InChI is InChI=1S/C17H19BrFNO/c18-14-7-9(4-5-15(14)19)17(21)20-16-8-10-6-13(16)12-3-1-2-11(10)12/h4-5,7,10-13,16H,1-3,6,8H2,(H,20,21). The number of amides is 1. The van der Waals surface area contributed by atoms with Crippen LogP contribution in [0.1, 0.15) is 42.5 Å². The Kier molecular flexibility index (Phi) is 3.32. The first-order valence-corrected chi connectivity index (χ1v) is 8.68. The Bertz CT molecular complexity index is 590. The van der Waals surface area contributed by atoms with E-state index in [0.29, 0.717) is 22.0 Å². The maximum Gasteiger partial charge on any atom is 0.251 e. The lowest BCUT2D eigenvalue weighted by atomic mass is 9.79. The third-order valence-electron chi connectivity index (χ3n) is 5.93. The predicted molar refractivity (Wildman–Crippen MR) is 82.4 cm³/mol. The Morgan fingerprint density at radius 2 is 2.00 bits per heavy atom. The van der Waals surface area contributed by atoms with Gasteiger partial charge in [0.1, 0.15) is 5.82 Å². The summed E-state index contributed by atoms with van der Waals surface area (Å²) < 4.78 is 13.6. The van der Waals surface area contributed by atoms with Crippen molar-refractivity contribution in [1.29, 1.82) is 0 Å². The van der Waals surface area contributed by atoms with Gasteiger partial charge in [-0.05, 0) is 83.5 Å². The molecule has 112 valence electrons. The molecule has 2 nitrogen and oxygen atoms in total. The van der Waals surface area contributed by atoms with E-state index in [9.17, 15) is 9.18 Å². The van der Waals surface area contributed by atoms with Gasteiger partial charge in [-0.25, -0.2) is 4.39 Å². The van der Waals surface area contributed by atoms with Crippen LogP contribution in [0.3, 0.4) is 0 Å². The molecule has 4 heteroatoms. The van der Waals surface area contributed by atoms with Gasteiger partial charge >= 0.3 is 0 Å². The molecule has 3 aliphatic rings. The van der Waals surface area contributed by atoms with E-state index >= 15 is 0 Å². The van der Waals surface area contributed by atoms with Crippen LogP contribution in [-0.2, 0) is 0 Å². The summed E-state index contributed by atoms with van der Waals surface area (Å²) in [6.07, 6.45) is 6.55. The fourth-order valence-electron chi connectivity index (χ4n) is 5.12. The smallest absolute Gasteiger partial charge is 0.251 e. The van der Waals surface area contributed by atoms with E-state index < -0.39 is 0 Å². The van der Waals surface area contributed by atoms with Crippen LogP contribution in [0.4, 0.5) is 4.39 Å². The van der Waals surface area contributed by atoms with Crippen LogP contribution in [0.15, 0.2) is 22.7 Å². The van der Waals surface area contributed by atoms with Gasteiger partial charge in [0, 0.05) is 11.6 Å². The van der Waals surface area contributed by atoms with E-state index in [2.05, 4.69) is 21.2 Å². The fraction of sp³-hybridized carbons (Fsp3) is 0.588. The van der Waals surface area contributed by atoms with E-state index in [1.165, 1.54) is 31.7 Å². The second-order valence-electron chi connectivity index (χ2n) is 6.86. The normalized spacial score (nSPS) is 36.8. The summed E-state index contributed by atoms with van der Waals surface area (Å²) in [6.45, 7) is 0. The average molecular weight is 352 g/mol. The van der Waals surface area contributed by atoms with Crippen LogP contribution in [0.5, 0.6) is 0 Å². The molecule has 1 N–H and O–H groups in total. The van der Waals surface area contributed by atoms with Crippen molar-refractivity contribution < 1.29 is 9.18 Å². The molecule has 0 radical (unpaired) electrons. The lowest BCUT2D eigenvalue weighted by Gasteiger charge is -2.32. The Hall–Kier alpha value is -0.900. The SMILES string of the molecule is O=C(NC1CC2CC1C1CCCC21)c1ccc(F)c(Br)c1. The van der Waals surface area contributed by atoms with E-state index in [1.54, 1.807) is 12.1 Å². The van der Waals surface area contributed by atoms with E-state index in [4.69, 9.17) is 0 Å². The molecule has 0 aliphatic heterocycles. The number of hydrogen-bond donors (Lipinski definition) is 1. The zero-order chi connectivity index (χ0) is 14.6. The minimum atomic E-state index is -0.333. The summed E-state index contributed by atoms with van der Waals surface area (Å²) in [7, 11) is 0. The maximum absolute atomic E-state index is 13.3. The van der Waals surface area contributed by atoms with Crippen molar-refractivity contribution >= 4 is 21.8 Å². The van der Waals surface area contributed by atoms with Crippen molar-refractivity contribution in [3.8, 4) is 0 Å². The highest BCUT2D eigenvalue weighted by molar-refractivity contribution is 9.10. The monoisotopic (exact) mass is 351 g/mol. The predicted octanol–water partition coefficient (Wildman–Crippen LogP) is 4.14. The number of nitrogens with one attached hydrogen (secondary N) is 1. The summed E-state index contributed by atoms with van der Waals surface area (Å²) in [5.74, 6) is 2.88. The summed E-state index contributed by atoms with van der Waals surface area (Å²) in [5.41, 5.74) is 0.536. The van der Waals surface area contributed by atoms with Crippen molar-refractivity contribution in [2.45, 2.75) is 38.1 Å². The Morgan fingerprint density at radius 1 is 1.19 bits per heavy atom. The Morgan fingerprint density at radius 3 is 2.81 bits per heavy atom. The molecule has 0 aromatic heterocycles. The molecule has 1 amide bonds.